The van der Waals surface area contributed by atoms with Crippen molar-refractivity contribution in [3.8, 4) is 0 Å². The number of aryl methyl sites for hydroxylation is 1. The molecule has 0 saturated carbocycles. The highest BCUT2D eigenvalue weighted by atomic mass is 16.4. The van der Waals surface area contributed by atoms with Crippen LogP contribution >= 0.6 is 0 Å². The first-order valence-electron chi connectivity index (χ1n) is 6.74. The molecular weight excluding hydrogens is 256 g/mol. The average molecular weight is 278 g/mol. The second-order valence-electron chi connectivity index (χ2n) is 4.95. The molecule has 0 fully saturated rings. The molecule has 0 aliphatic heterocycles. The molecule has 0 bridgehead atoms. The zero-order valence-electron chi connectivity index (χ0n) is 12.2. The summed E-state index contributed by atoms with van der Waals surface area (Å²) in [6.45, 7) is 6.03. The van der Waals surface area contributed by atoms with Crippen LogP contribution in [-0.2, 0) is 11.3 Å². The molecule has 0 spiro atoms. The molecule has 110 valence electrons. The maximum Gasteiger partial charge on any atom is 0.323 e. The van der Waals surface area contributed by atoms with Gasteiger partial charge in [-0.2, -0.15) is 0 Å². The number of benzene rings is 1. The fourth-order valence-electron chi connectivity index (χ4n) is 2.19. The molecule has 0 saturated heterocycles. The van der Waals surface area contributed by atoms with Crippen molar-refractivity contribution in [3.05, 3.63) is 34.9 Å². The summed E-state index contributed by atoms with van der Waals surface area (Å²) in [4.78, 5) is 22.5. The van der Waals surface area contributed by atoms with Crippen molar-refractivity contribution in [1.82, 2.24) is 5.32 Å². The molecule has 0 aromatic heterocycles. The number of primary amides is 1. The molecule has 0 heterocycles. The van der Waals surface area contributed by atoms with E-state index in [1.165, 1.54) is 0 Å². The van der Waals surface area contributed by atoms with Crippen LogP contribution in [0.4, 0.5) is 0 Å². The van der Waals surface area contributed by atoms with E-state index in [4.69, 9.17) is 5.73 Å². The van der Waals surface area contributed by atoms with Crippen molar-refractivity contribution >= 4 is 11.9 Å². The van der Waals surface area contributed by atoms with E-state index in [1.807, 2.05) is 20.8 Å². The highest BCUT2D eigenvalue weighted by Gasteiger charge is 2.34. The molecule has 5 nitrogen and oxygen atoms in total. The molecule has 0 radical (unpaired) electrons. The molecular formula is C15H22N2O3. The maximum atomic E-state index is 11.4. The second kappa shape index (κ2) is 6.52. The number of amides is 1. The van der Waals surface area contributed by atoms with E-state index < -0.39 is 17.4 Å². The minimum atomic E-state index is -0.908. The molecule has 4 N–H and O–H groups in total. The number of hydrogen-bond donors (Lipinski definition) is 3. The Kier molecular flexibility index (Phi) is 5.27. The first-order chi connectivity index (χ1) is 9.36. The highest BCUT2D eigenvalue weighted by Crippen LogP contribution is 2.18. The third-order valence-corrected chi connectivity index (χ3v) is 3.86. The number of rotatable bonds is 7. The molecule has 0 aliphatic rings. The number of nitrogens with one attached hydrogen (secondary N) is 1. The van der Waals surface area contributed by atoms with Crippen LogP contribution in [0.15, 0.2) is 18.2 Å². The van der Waals surface area contributed by atoms with Gasteiger partial charge in [0, 0.05) is 12.1 Å². The van der Waals surface area contributed by atoms with Crippen molar-refractivity contribution in [1.29, 1.82) is 0 Å². The highest BCUT2D eigenvalue weighted by molar-refractivity contribution is 5.93. The molecule has 1 aromatic rings. The van der Waals surface area contributed by atoms with Crippen molar-refractivity contribution in [2.45, 2.75) is 45.7 Å². The van der Waals surface area contributed by atoms with Crippen LogP contribution in [0, 0.1) is 6.92 Å². The van der Waals surface area contributed by atoms with E-state index in [0.29, 0.717) is 24.9 Å². The van der Waals surface area contributed by atoms with Crippen molar-refractivity contribution in [2.75, 3.05) is 0 Å². The standard InChI is InChI=1S/C15H22N2O3/c1-4-15(5-2,14(19)20)17-9-12-7-6-11(13(16)18)8-10(12)3/h6-8,17H,4-5,9H2,1-3H3,(H2,16,18)(H,19,20). The number of carbonyl (C=O) groups excluding carboxylic acids is 1. The minimum absolute atomic E-state index is 0.443. The zero-order valence-corrected chi connectivity index (χ0v) is 12.2. The van der Waals surface area contributed by atoms with Crippen LogP contribution < -0.4 is 11.1 Å². The lowest BCUT2D eigenvalue weighted by molar-refractivity contribution is -0.145. The lowest BCUT2D eigenvalue weighted by atomic mass is 9.92. The Bertz CT molecular complexity index is 508. The molecule has 1 amide bonds. The van der Waals surface area contributed by atoms with E-state index in [9.17, 15) is 14.7 Å². The van der Waals surface area contributed by atoms with Gasteiger partial charge >= 0.3 is 5.97 Å². The predicted molar refractivity (Wildman–Crippen MR) is 77.5 cm³/mol. The van der Waals surface area contributed by atoms with Crippen molar-refractivity contribution in [2.24, 2.45) is 5.73 Å². The van der Waals surface area contributed by atoms with Crippen LogP contribution in [0.25, 0.3) is 0 Å². The molecule has 1 aromatic carbocycles. The van der Waals surface area contributed by atoms with E-state index in [2.05, 4.69) is 5.32 Å². The van der Waals surface area contributed by atoms with Gasteiger partial charge in [0.05, 0.1) is 0 Å². The molecule has 0 aliphatic carbocycles. The van der Waals surface area contributed by atoms with Crippen LogP contribution in [0.1, 0.15) is 48.2 Å². The summed E-state index contributed by atoms with van der Waals surface area (Å²) >= 11 is 0. The SMILES string of the molecule is CCC(CC)(NCc1ccc(C(N)=O)cc1C)C(=O)O. The summed E-state index contributed by atoms with van der Waals surface area (Å²) in [5.41, 5.74) is 6.66. The summed E-state index contributed by atoms with van der Waals surface area (Å²) < 4.78 is 0. The summed E-state index contributed by atoms with van der Waals surface area (Å²) in [5, 5.41) is 12.5. The van der Waals surface area contributed by atoms with Gasteiger partial charge in [-0.25, -0.2) is 0 Å². The normalized spacial score (nSPS) is 11.3. The Morgan fingerprint density at radius 1 is 1.30 bits per heavy atom. The Hall–Kier alpha value is -1.88. The Morgan fingerprint density at radius 2 is 1.90 bits per heavy atom. The summed E-state index contributed by atoms with van der Waals surface area (Å²) in [5.74, 6) is -1.30. The average Bonchev–Trinajstić information content (AvgIpc) is 2.41. The van der Waals surface area contributed by atoms with Gasteiger partial charge in [0.15, 0.2) is 0 Å². The van der Waals surface area contributed by atoms with E-state index in [1.54, 1.807) is 18.2 Å². The van der Waals surface area contributed by atoms with E-state index >= 15 is 0 Å². The lowest BCUT2D eigenvalue weighted by Gasteiger charge is -2.28. The predicted octanol–water partition coefficient (Wildman–Crippen LogP) is 1.83. The fourth-order valence-corrected chi connectivity index (χ4v) is 2.19. The third-order valence-electron chi connectivity index (χ3n) is 3.86. The van der Waals surface area contributed by atoms with Gasteiger partial charge in [-0.3, -0.25) is 14.9 Å². The van der Waals surface area contributed by atoms with E-state index in [-0.39, 0.29) is 0 Å². The van der Waals surface area contributed by atoms with Gasteiger partial charge in [0.2, 0.25) is 5.91 Å². The Balaban J connectivity index is 2.89. The zero-order chi connectivity index (χ0) is 15.3. The molecule has 20 heavy (non-hydrogen) atoms. The Labute approximate surface area is 119 Å². The topological polar surface area (TPSA) is 92.4 Å². The summed E-state index contributed by atoms with van der Waals surface area (Å²) in [6, 6.07) is 5.19. The molecule has 0 atom stereocenters. The maximum absolute atomic E-state index is 11.4. The monoisotopic (exact) mass is 278 g/mol. The molecule has 5 heteroatoms. The smallest absolute Gasteiger partial charge is 0.323 e. The van der Waals surface area contributed by atoms with Gasteiger partial charge in [-0.1, -0.05) is 19.9 Å². The Morgan fingerprint density at radius 3 is 2.30 bits per heavy atom. The number of hydrogen-bond acceptors (Lipinski definition) is 3. The van der Waals surface area contributed by atoms with E-state index in [0.717, 1.165) is 11.1 Å². The van der Waals surface area contributed by atoms with Gasteiger partial charge in [0.25, 0.3) is 0 Å². The fraction of sp³-hybridized carbons (Fsp3) is 0.467. The quantitative estimate of drug-likeness (QED) is 0.709. The van der Waals surface area contributed by atoms with Gasteiger partial charge in [-0.15, -0.1) is 0 Å². The first-order valence-corrected chi connectivity index (χ1v) is 6.74. The first kappa shape index (κ1) is 16.2. The lowest BCUT2D eigenvalue weighted by Crippen LogP contribution is -2.50. The number of carboxylic acid groups (broad SMARTS) is 1. The van der Waals surface area contributed by atoms with Crippen LogP contribution in [0.5, 0.6) is 0 Å². The van der Waals surface area contributed by atoms with Gasteiger partial charge in [-0.05, 0) is 43.0 Å². The number of carbonyl (C=O) groups is 2. The number of aliphatic carboxylic acids is 1. The van der Waals surface area contributed by atoms with Crippen LogP contribution in [0.2, 0.25) is 0 Å². The minimum Gasteiger partial charge on any atom is -0.480 e. The van der Waals surface area contributed by atoms with Crippen LogP contribution in [0.3, 0.4) is 0 Å². The number of nitrogens with two attached hydrogens (primary N) is 1. The third kappa shape index (κ3) is 3.36. The largest absolute Gasteiger partial charge is 0.480 e. The van der Waals surface area contributed by atoms with Gasteiger partial charge in [0.1, 0.15) is 5.54 Å². The van der Waals surface area contributed by atoms with Gasteiger partial charge < -0.3 is 10.8 Å². The summed E-state index contributed by atoms with van der Waals surface area (Å²) in [6.07, 6.45) is 1.02. The second-order valence-corrected chi connectivity index (χ2v) is 4.95. The van der Waals surface area contributed by atoms with Crippen molar-refractivity contribution in [3.63, 3.8) is 0 Å². The molecule has 0 unspecified atom stereocenters. The molecule has 1 rings (SSSR count). The number of carboxylic acids is 1. The van der Waals surface area contributed by atoms with Crippen molar-refractivity contribution < 1.29 is 14.7 Å². The summed E-state index contributed by atoms with van der Waals surface area (Å²) in [7, 11) is 0. The van der Waals surface area contributed by atoms with Crippen LogP contribution in [-0.4, -0.2) is 22.5 Å².